The molecule has 0 unspecified atom stereocenters. The van der Waals surface area contributed by atoms with Crippen LogP contribution in [0.2, 0.25) is 0 Å². The van der Waals surface area contributed by atoms with Gasteiger partial charge in [-0.25, -0.2) is 4.79 Å². The summed E-state index contributed by atoms with van der Waals surface area (Å²) in [5.74, 6) is -0.0788. The van der Waals surface area contributed by atoms with Gasteiger partial charge >= 0.3 is 5.97 Å². The first-order chi connectivity index (χ1) is 12.9. The molecule has 0 fully saturated rings. The number of amides is 1. The van der Waals surface area contributed by atoms with Gasteiger partial charge in [0.2, 0.25) is 5.91 Å². The van der Waals surface area contributed by atoms with Crippen molar-refractivity contribution in [2.45, 2.75) is 33.8 Å². The molecule has 1 N–H and O–H groups in total. The highest BCUT2D eigenvalue weighted by Crippen LogP contribution is 2.28. The van der Waals surface area contributed by atoms with Crippen LogP contribution < -0.4 is 10.1 Å². The number of carbonyl (C=O) groups is 2. The predicted molar refractivity (Wildman–Crippen MR) is 105 cm³/mol. The number of aryl methyl sites for hydroxylation is 2. The molecule has 2 rings (SSSR count). The van der Waals surface area contributed by atoms with Crippen LogP contribution in [0.1, 0.15) is 36.1 Å². The van der Waals surface area contributed by atoms with Crippen LogP contribution in [0.4, 0.5) is 0 Å². The summed E-state index contributed by atoms with van der Waals surface area (Å²) < 4.78 is 10.8. The topological polar surface area (TPSA) is 64.6 Å². The number of carbonyl (C=O) groups excluding carboxylic acids is 2. The number of hydrogen-bond acceptors (Lipinski definition) is 4. The van der Waals surface area contributed by atoms with E-state index >= 15 is 0 Å². The zero-order chi connectivity index (χ0) is 19.8. The molecule has 0 saturated carbocycles. The lowest BCUT2D eigenvalue weighted by Gasteiger charge is -2.15. The smallest absolute Gasteiger partial charge is 0.354 e. The largest absolute Gasteiger partial charge is 0.488 e. The molecule has 2 aromatic rings. The van der Waals surface area contributed by atoms with Crippen LogP contribution in [0.25, 0.3) is 6.08 Å². The number of benzene rings is 2. The molecule has 0 heterocycles. The van der Waals surface area contributed by atoms with Crippen molar-refractivity contribution in [1.29, 1.82) is 0 Å². The van der Waals surface area contributed by atoms with Crippen molar-refractivity contribution in [2.75, 3.05) is 7.11 Å². The first kappa shape index (κ1) is 20.2. The average Bonchev–Trinajstić information content (AvgIpc) is 2.66. The molecule has 142 valence electrons. The fourth-order valence-electron chi connectivity index (χ4n) is 2.77. The Kier molecular flexibility index (Phi) is 7.17. The summed E-state index contributed by atoms with van der Waals surface area (Å²) in [4.78, 5) is 23.2. The second-order valence-corrected chi connectivity index (χ2v) is 6.18. The van der Waals surface area contributed by atoms with E-state index in [0.717, 1.165) is 34.4 Å². The summed E-state index contributed by atoms with van der Waals surface area (Å²) >= 11 is 0. The Bertz CT molecular complexity index is 841. The maximum absolute atomic E-state index is 11.9. The number of ether oxygens (including phenoxy) is 2. The Morgan fingerprint density at radius 2 is 1.85 bits per heavy atom. The summed E-state index contributed by atoms with van der Waals surface area (Å²) in [5.41, 5.74) is 3.99. The fraction of sp³-hybridized carbons (Fsp3) is 0.273. The predicted octanol–water partition coefficient (Wildman–Crippen LogP) is 3.79. The van der Waals surface area contributed by atoms with Crippen LogP contribution in [0.15, 0.2) is 48.2 Å². The molecular weight excluding hydrogens is 342 g/mol. The van der Waals surface area contributed by atoms with Crippen LogP contribution in [0.3, 0.4) is 0 Å². The highest BCUT2D eigenvalue weighted by Gasteiger charge is 2.13. The highest BCUT2D eigenvalue weighted by atomic mass is 16.5. The normalized spacial score (nSPS) is 11.0. The van der Waals surface area contributed by atoms with E-state index in [1.165, 1.54) is 14.0 Å². The second kappa shape index (κ2) is 9.57. The summed E-state index contributed by atoms with van der Waals surface area (Å²) in [5, 5.41) is 2.51. The van der Waals surface area contributed by atoms with E-state index < -0.39 is 5.97 Å². The summed E-state index contributed by atoms with van der Waals surface area (Å²) in [7, 11) is 1.28. The molecule has 5 heteroatoms. The number of nitrogens with one attached hydrogen (secondary N) is 1. The van der Waals surface area contributed by atoms with E-state index in [2.05, 4.69) is 5.32 Å². The maximum Gasteiger partial charge on any atom is 0.354 e. The Labute approximate surface area is 160 Å². The molecule has 5 nitrogen and oxygen atoms in total. The molecule has 27 heavy (non-hydrogen) atoms. The van der Waals surface area contributed by atoms with E-state index in [1.807, 2.05) is 56.3 Å². The van der Waals surface area contributed by atoms with Crippen molar-refractivity contribution in [1.82, 2.24) is 5.32 Å². The van der Waals surface area contributed by atoms with Gasteiger partial charge in [0.05, 0.1) is 7.11 Å². The van der Waals surface area contributed by atoms with Crippen molar-refractivity contribution >= 4 is 18.0 Å². The van der Waals surface area contributed by atoms with Crippen molar-refractivity contribution in [3.63, 3.8) is 0 Å². The third-order valence-electron chi connectivity index (χ3n) is 4.01. The zero-order valence-electron chi connectivity index (χ0n) is 16.2. The molecule has 0 aliphatic heterocycles. The Hall–Kier alpha value is -3.08. The molecule has 0 radical (unpaired) electrons. The van der Waals surface area contributed by atoms with E-state index in [-0.39, 0.29) is 11.6 Å². The standard InChI is InChI=1S/C22H25NO4/c1-5-19-12-18(13-20(22(25)26-4)23-16(3)24)11-15(2)21(19)27-14-17-9-7-6-8-10-17/h6-13H,5,14H2,1-4H3,(H,23,24). The minimum atomic E-state index is -0.592. The van der Waals surface area contributed by atoms with Gasteiger partial charge < -0.3 is 14.8 Å². The second-order valence-electron chi connectivity index (χ2n) is 6.18. The van der Waals surface area contributed by atoms with Gasteiger partial charge in [-0.3, -0.25) is 4.79 Å². The highest BCUT2D eigenvalue weighted by molar-refractivity contribution is 5.97. The Morgan fingerprint density at radius 1 is 1.15 bits per heavy atom. The quantitative estimate of drug-likeness (QED) is 0.597. The average molecular weight is 367 g/mol. The summed E-state index contributed by atoms with van der Waals surface area (Å²) in [6.45, 7) is 5.85. The van der Waals surface area contributed by atoms with Gasteiger partial charge in [-0.15, -0.1) is 0 Å². The van der Waals surface area contributed by atoms with Crippen LogP contribution in [0, 0.1) is 6.92 Å². The fourth-order valence-corrected chi connectivity index (χ4v) is 2.77. The number of hydrogen-bond donors (Lipinski definition) is 1. The van der Waals surface area contributed by atoms with Gasteiger partial charge in [-0.2, -0.15) is 0 Å². The van der Waals surface area contributed by atoms with Crippen molar-refractivity contribution in [3.05, 3.63) is 70.4 Å². The van der Waals surface area contributed by atoms with E-state index in [9.17, 15) is 9.59 Å². The number of methoxy groups -OCH3 is 1. The molecule has 0 bridgehead atoms. The van der Waals surface area contributed by atoms with Gasteiger partial charge in [0.15, 0.2) is 0 Å². The SMILES string of the molecule is CCc1cc(C=C(NC(C)=O)C(=O)OC)cc(C)c1OCc1ccccc1. The molecule has 2 aromatic carbocycles. The molecule has 0 aromatic heterocycles. The number of rotatable bonds is 7. The molecule has 0 aliphatic rings. The minimum absolute atomic E-state index is 0.101. The monoisotopic (exact) mass is 367 g/mol. The van der Waals surface area contributed by atoms with Crippen LogP contribution in [0.5, 0.6) is 5.75 Å². The van der Waals surface area contributed by atoms with Gasteiger partial charge in [0, 0.05) is 6.92 Å². The molecule has 0 atom stereocenters. The van der Waals surface area contributed by atoms with Gasteiger partial charge in [-0.05, 0) is 53.8 Å². The van der Waals surface area contributed by atoms with Crippen molar-refractivity contribution in [3.8, 4) is 5.75 Å². The minimum Gasteiger partial charge on any atom is -0.488 e. The molecule has 0 aliphatic carbocycles. The van der Waals surface area contributed by atoms with Gasteiger partial charge in [0.1, 0.15) is 18.1 Å². The summed E-state index contributed by atoms with van der Waals surface area (Å²) in [6.07, 6.45) is 2.39. The van der Waals surface area contributed by atoms with Gasteiger partial charge in [-0.1, -0.05) is 37.3 Å². The molecule has 0 spiro atoms. The molecule has 1 amide bonds. The van der Waals surface area contributed by atoms with Gasteiger partial charge in [0.25, 0.3) is 0 Å². The third-order valence-corrected chi connectivity index (χ3v) is 4.01. The molecule has 0 saturated heterocycles. The number of esters is 1. The van der Waals surface area contributed by atoms with Crippen LogP contribution >= 0.6 is 0 Å². The Morgan fingerprint density at radius 3 is 2.44 bits per heavy atom. The first-order valence-corrected chi connectivity index (χ1v) is 8.82. The van der Waals surface area contributed by atoms with Crippen molar-refractivity contribution in [2.24, 2.45) is 0 Å². The van der Waals surface area contributed by atoms with Crippen LogP contribution in [-0.2, 0) is 27.4 Å². The lowest BCUT2D eigenvalue weighted by atomic mass is 10.0. The Balaban J connectivity index is 2.32. The van der Waals surface area contributed by atoms with E-state index in [0.29, 0.717) is 6.61 Å². The lowest BCUT2D eigenvalue weighted by Crippen LogP contribution is -2.25. The zero-order valence-corrected chi connectivity index (χ0v) is 16.2. The van der Waals surface area contributed by atoms with E-state index in [1.54, 1.807) is 6.08 Å². The lowest BCUT2D eigenvalue weighted by molar-refractivity contribution is -0.137. The molecular formula is C22H25NO4. The van der Waals surface area contributed by atoms with E-state index in [4.69, 9.17) is 9.47 Å². The maximum atomic E-state index is 11.9. The third kappa shape index (κ3) is 5.71. The summed E-state index contributed by atoms with van der Waals surface area (Å²) in [6, 6.07) is 13.9. The van der Waals surface area contributed by atoms with Crippen LogP contribution in [-0.4, -0.2) is 19.0 Å². The first-order valence-electron chi connectivity index (χ1n) is 8.82. The van der Waals surface area contributed by atoms with Crippen molar-refractivity contribution < 1.29 is 19.1 Å².